The van der Waals surface area contributed by atoms with Crippen molar-refractivity contribution in [3.8, 4) is 0 Å². The van der Waals surface area contributed by atoms with Gasteiger partial charge in [0.2, 0.25) is 0 Å². The van der Waals surface area contributed by atoms with Crippen LogP contribution in [0.4, 0.5) is 4.79 Å². The number of hydrogen-bond acceptors (Lipinski definition) is 2. The first-order valence-electron chi connectivity index (χ1n) is 10.4. The van der Waals surface area contributed by atoms with Gasteiger partial charge in [-0.05, 0) is 55.9 Å². The number of benzene rings is 1. The SMILES string of the molecule is Cc1ccccc1C1(CNC(=O)N2CCC[C@H]2c2cccn2C)CCOCC1. The van der Waals surface area contributed by atoms with Gasteiger partial charge in [0, 0.05) is 50.7 Å². The van der Waals surface area contributed by atoms with Crippen molar-refractivity contribution >= 4 is 6.03 Å². The van der Waals surface area contributed by atoms with Crippen molar-refractivity contribution in [3.05, 3.63) is 59.4 Å². The van der Waals surface area contributed by atoms with Crippen molar-refractivity contribution in [1.82, 2.24) is 14.8 Å². The third kappa shape index (κ3) is 3.55. The normalized spacial score (nSPS) is 21.6. The summed E-state index contributed by atoms with van der Waals surface area (Å²) < 4.78 is 7.77. The van der Waals surface area contributed by atoms with Gasteiger partial charge in [-0.2, -0.15) is 0 Å². The van der Waals surface area contributed by atoms with E-state index >= 15 is 0 Å². The molecule has 5 heteroatoms. The quantitative estimate of drug-likeness (QED) is 0.872. The summed E-state index contributed by atoms with van der Waals surface area (Å²) in [6.45, 7) is 5.15. The molecule has 0 saturated carbocycles. The summed E-state index contributed by atoms with van der Waals surface area (Å²) in [7, 11) is 2.05. The van der Waals surface area contributed by atoms with Gasteiger partial charge in [0.1, 0.15) is 0 Å². The molecule has 2 fully saturated rings. The van der Waals surface area contributed by atoms with Crippen molar-refractivity contribution in [3.63, 3.8) is 0 Å². The van der Waals surface area contributed by atoms with Crippen LogP contribution in [-0.2, 0) is 17.2 Å². The average Bonchev–Trinajstić information content (AvgIpc) is 3.35. The summed E-state index contributed by atoms with van der Waals surface area (Å²) in [5, 5.41) is 3.29. The lowest BCUT2D eigenvalue weighted by molar-refractivity contribution is 0.0498. The molecule has 2 aliphatic heterocycles. The highest BCUT2D eigenvalue weighted by atomic mass is 16.5. The van der Waals surface area contributed by atoms with E-state index < -0.39 is 0 Å². The van der Waals surface area contributed by atoms with Crippen molar-refractivity contribution in [1.29, 1.82) is 0 Å². The van der Waals surface area contributed by atoms with E-state index in [1.54, 1.807) is 0 Å². The Kier molecular flexibility index (Phi) is 5.44. The van der Waals surface area contributed by atoms with Gasteiger partial charge in [0.25, 0.3) is 0 Å². The summed E-state index contributed by atoms with van der Waals surface area (Å²) in [6, 6.07) is 13.0. The van der Waals surface area contributed by atoms with Crippen molar-refractivity contribution in [2.45, 2.75) is 44.1 Å². The maximum atomic E-state index is 13.1. The van der Waals surface area contributed by atoms with Crippen LogP contribution >= 0.6 is 0 Å². The topological polar surface area (TPSA) is 46.5 Å². The van der Waals surface area contributed by atoms with Crippen LogP contribution in [0.5, 0.6) is 0 Å². The summed E-state index contributed by atoms with van der Waals surface area (Å²) in [4.78, 5) is 15.2. The molecule has 0 aliphatic carbocycles. The first-order chi connectivity index (χ1) is 13.6. The monoisotopic (exact) mass is 381 g/mol. The van der Waals surface area contributed by atoms with Crippen molar-refractivity contribution in [2.75, 3.05) is 26.3 Å². The van der Waals surface area contributed by atoms with Crippen molar-refractivity contribution < 1.29 is 9.53 Å². The molecule has 2 aliphatic rings. The minimum Gasteiger partial charge on any atom is -0.381 e. The van der Waals surface area contributed by atoms with Crippen LogP contribution in [0.15, 0.2) is 42.6 Å². The molecule has 1 aromatic carbocycles. The van der Waals surface area contributed by atoms with Gasteiger partial charge in [0.05, 0.1) is 6.04 Å². The maximum absolute atomic E-state index is 13.1. The van der Waals surface area contributed by atoms with Crippen LogP contribution in [-0.4, -0.2) is 41.8 Å². The fourth-order valence-corrected chi connectivity index (χ4v) is 4.96. The lowest BCUT2D eigenvalue weighted by atomic mass is 9.72. The lowest BCUT2D eigenvalue weighted by Crippen LogP contribution is -2.48. The first-order valence-corrected chi connectivity index (χ1v) is 10.4. The molecule has 28 heavy (non-hydrogen) atoms. The molecule has 2 aromatic rings. The number of aryl methyl sites for hydroxylation is 2. The number of carbonyl (C=O) groups excluding carboxylic acids is 1. The van der Waals surface area contributed by atoms with E-state index in [0.717, 1.165) is 45.4 Å². The predicted molar refractivity (Wildman–Crippen MR) is 110 cm³/mol. The first kappa shape index (κ1) is 19.1. The standard InChI is InChI=1S/C23H31N3O2/c1-18-7-3-4-8-19(18)23(11-15-28-16-12-23)17-24-22(27)26-14-6-10-21(26)20-9-5-13-25(20)2/h3-5,7-9,13,21H,6,10-12,14-17H2,1-2H3,(H,24,27)/t21-/m0/s1. The molecule has 0 radical (unpaired) electrons. The highest BCUT2D eigenvalue weighted by molar-refractivity contribution is 5.75. The largest absolute Gasteiger partial charge is 0.381 e. The van der Waals surface area contributed by atoms with Crippen LogP contribution < -0.4 is 5.32 Å². The zero-order chi connectivity index (χ0) is 19.6. The van der Waals surface area contributed by atoms with E-state index in [-0.39, 0.29) is 17.5 Å². The lowest BCUT2D eigenvalue weighted by Gasteiger charge is -2.39. The minimum atomic E-state index is -0.0422. The second-order valence-corrected chi connectivity index (χ2v) is 8.26. The molecule has 5 nitrogen and oxygen atoms in total. The Morgan fingerprint density at radius 3 is 2.71 bits per heavy atom. The fraction of sp³-hybridized carbons (Fsp3) is 0.522. The number of aromatic nitrogens is 1. The number of hydrogen-bond donors (Lipinski definition) is 1. The summed E-state index contributed by atoms with van der Waals surface area (Å²) in [5.41, 5.74) is 3.81. The fourth-order valence-electron chi connectivity index (χ4n) is 4.96. The van der Waals surface area contributed by atoms with Gasteiger partial charge in [-0.15, -0.1) is 0 Å². The highest BCUT2D eigenvalue weighted by Crippen LogP contribution is 2.37. The van der Waals surface area contributed by atoms with Gasteiger partial charge in [-0.25, -0.2) is 4.79 Å². The Bertz CT molecular complexity index is 823. The highest BCUT2D eigenvalue weighted by Gasteiger charge is 2.37. The van der Waals surface area contributed by atoms with Crippen LogP contribution in [0.3, 0.4) is 0 Å². The molecule has 2 amide bonds. The number of ether oxygens (including phenoxy) is 1. The van der Waals surface area contributed by atoms with E-state index in [2.05, 4.69) is 66.5 Å². The smallest absolute Gasteiger partial charge is 0.317 e. The van der Waals surface area contributed by atoms with Gasteiger partial charge in [-0.3, -0.25) is 0 Å². The number of nitrogens with one attached hydrogen (secondary N) is 1. The number of amides is 2. The summed E-state index contributed by atoms with van der Waals surface area (Å²) in [5.74, 6) is 0. The number of rotatable bonds is 4. The third-order valence-corrected chi connectivity index (χ3v) is 6.58. The van der Waals surface area contributed by atoms with Crippen LogP contribution in [0.25, 0.3) is 0 Å². The van der Waals surface area contributed by atoms with Crippen molar-refractivity contribution in [2.24, 2.45) is 7.05 Å². The van der Waals surface area contributed by atoms with E-state index in [4.69, 9.17) is 4.74 Å². The maximum Gasteiger partial charge on any atom is 0.317 e. The zero-order valence-electron chi connectivity index (χ0n) is 17.0. The Hall–Kier alpha value is -2.27. The molecule has 1 aromatic heterocycles. The van der Waals surface area contributed by atoms with E-state index in [1.165, 1.54) is 16.8 Å². The molecule has 3 heterocycles. The van der Waals surface area contributed by atoms with Gasteiger partial charge < -0.3 is 19.5 Å². The Morgan fingerprint density at radius 1 is 1.21 bits per heavy atom. The van der Waals surface area contributed by atoms with Crippen LogP contribution in [0.2, 0.25) is 0 Å². The molecular formula is C23H31N3O2. The molecule has 0 bridgehead atoms. The molecule has 0 unspecified atom stereocenters. The second-order valence-electron chi connectivity index (χ2n) is 8.26. The second kappa shape index (κ2) is 8.00. The molecule has 150 valence electrons. The Labute approximate surface area is 167 Å². The number of urea groups is 1. The predicted octanol–water partition coefficient (Wildman–Crippen LogP) is 3.93. The number of nitrogens with zero attached hydrogens (tertiary/aromatic N) is 2. The van der Waals surface area contributed by atoms with Gasteiger partial charge >= 0.3 is 6.03 Å². The molecule has 4 rings (SSSR count). The van der Waals surface area contributed by atoms with Crippen LogP contribution in [0, 0.1) is 6.92 Å². The minimum absolute atomic E-state index is 0.0422. The molecule has 0 spiro atoms. The molecule has 1 N–H and O–H groups in total. The summed E-state index contributed by atoms with van der Waals surface area (Å²) >= 11 is 0. The number of carbonyl (C=O) groups is 1. The van der Waals surface area contributed by atoms with Gasteiger partial charge in [-0.1, -0.05) is 24.3 Å². The summed E-state index contributed by atoms with van der Waals surface area (Å²) in [6.07, 6.45) is 6.03. The molecular weight excluding hydrogens is 350 g/mol. The molecule has 1 atom stereocenters. The van der Waals surface area contributed by atoms with E-state index in [0.29, 0.717) is 6.54 Å². The van der Waals surface area contributed by atoms with Crippen LogP contribution in [0.1, 0.15) is 48.5 Å². The number of likely N-dealkylation sites (tertiary alicyclic amines) is 1. The Morgan fingerprint density at radius 2 is 2.00 bits per heavy atom. The average molecular weight is 382 g/mol. The Balaban J connectivity index is 1.50. The van der Waals surface area contributed by atoms with Gasteiger partial charge in [0.15, 0.2) is 0 Å². The molecule has 2 saturated heterocycles. The zero-order valence-corrected chi connectivity index (χ0v) is 17.0. The van der Waals surface area contributed by atoms with E-state index in [9.17, 15) is 4.79 Å². The van der Waals surface area contributed by atoms with E-state index in [1.807, 2.05) is 4.90 Å². The third-order valence-electron chi connectivity index (χ3n) is 6.58.